The van der Waals surface area contributed by atoms with Crippen LogP contribution in [0.1, 0.15) is 11.1 Å². The number of rotatable bonds is 3. The maximum Gasteiger partial charge on any atom is 0.0540 e. The van der Waals surface area contributed by atoms with Crippen LogP contribution in [0.2, 0.25) is 0 Å². The summed E-state index contributed by atoms with van der Waals surface area (Å²) in [5, 5.41) is 2.51. The van der Waals surface area contributed by atoms with Gasteiger partial charge in [0.05, 0.1) is 5.69 Å². The van der Waals surface area contributed by atoms with Gasteiger partial charge in [-0.15, -0.1) is 0 Å². The molecule has 0 aliphatic heterocycles. The maximum absolute atomic E-state index is 2.36. The molecule has 4 rings (SSSR count). The number of nitrogens with zero attached hydrogens (tertiary/aromatic N) is 1. The number of hydrogen-bond acceptors (Lipinski definition) is 1. The van der Waals surface area contributed by atoms with Crippen molar-refractivity contribution in [2.75, 3.05) is 4.90 Å². The minimum atomic E-state index is 1.18. The van der Waals surface area contributed by atoms with Crippen molar-refractivity contribution in [1.82, 2.24) is 0 Å². The molecule has 0 aromatic heterocycles. The molecule has 0 aliphatic carbocycles. The summed E-state index contributed by atoms with van der Waals surface area (Å²) in [7, 11) is 0. The van der Waals surface area contributed by atoms with E-state index in [1.165, 1.54) is 39.0 Å². The van der Waals surface area contributed by atoms with Gasteiger partial charge in [0.2, 0.25) is 0 Å². The summed E-state index contributed by atoms with van der Waals surface area (Å²) < 4.78 is 0. The van der Waals surface area contributed by atoms with Crippen LogP contribution in [0.4, 0.5) is 17.1 Å². The molecule has 0 spiro atoms. The van der Waals surface area contributed by atoms with Crippen LogP contribution in [0, 0.1) is 13.8 Å². The minimum absolute atomic E-state index is 1.18. The number of aryl methyl sites for hydroxylation is 2. The third kappa shape index (κ3) is 2.89. The second-order valence-electron chi connectivity index (χ2n) is 6.46. The molecule has 0 N–H and O–H groups in total. The summed E-state index contributed by atoms with van der Waals surface area (Å²) >= 11 is 0. The van der Waals surface area contributed by atoms with E-state index in [1.54, 1.807) is 0 Å². The molecule has 0 heterocycles. The fourth-order valence-electron chi connectivity index (χ4n) is 3.32. The molecule has 0 saturated carbocycles. The molecule has 4 aromatic rings. The highest BCUT2D eigenvalue weighted by atomic mass is 15.1. The van der Waals surface area contributed by atoms with Crippen molar-refractivity contribution in [1.29, 1.82) is 0 Å². The van der Waals surface area contributed by atoms with E-state index in [4.69, 9.17) is 0 Å². The largest absolute Gasteiger partial charge is 0.310 e. The zero-order valence-corrected chi connectivity index (χ0v) is 14.6. The summed E-state index contributed by atoms with van der Waals surface area (Å²) in [5.74, 6) is 0. The second-order valence-corrected chi connectivity index (χ2v) is 6.46. The molecule has 0 radical (unpaired) electrons. The second kappa shape index (κ2) is 6.45. The summed E-state index contributed by atoms with van der Waals surface area (Å²) in [4.78, 5) is 2.36. The Kier molecular flexibility index (Phi) is 3.99. The Morgan fingerprint density at radius 2 is 1.20 bits per heavy atom. The first kappa shape index (κ1) is 15.5. The van der Waals surface area contributed by atoms with Gasteiger partial charge in [0.25, 0.3) is 0 Å². The predicted molar refractivity (Wildman–Crippen MR) is 108 cm³/mol. The van der Waals surface area contributed by atoms with E-state index >= 15 is 0 Å². The average Bonchev–Trinajstić information content (AvgIpc) is 2.65. The first-order chi connectivity index (χ1) is 12.2. The monoisotopic (exact) mass is 323 g/mol. The Morgan fingerprint density at radius 3 is 2.00 bits per heavy atom. The molecule has 0 saturated heterocycles. The third-order valence-electron chi connectivity index (χ3n) is 4.66. The lowest BCUT2D eigenvalue weighted by atomic mass is 10.0. The molecule has 122 valence electrons. The smallest absolute Gasteiger partial charge is 0.0540 e. The summed E-state index contributed by atoms with van der Waals surface area (Å²) in [6.45, 7) is 4.29. The van der Waals surface area contributed by atoms with Crippen molar-refractivity contribution < 1.29 is 0 Å². The van der Waals surface area contributed by atoms with Gasteiger partial charge in [0.15, 0.2) is 0 Å². The lowest BCUT2D eigenvalue weighted by Crippen LogP contribution is -2.11. The van der Waals surface area contributed by atoms with Crippen LogP contribution in [-0.4, -0.2) is 0 Å². The molecule has 0 fully saturated rings. The number of para-hydroxylation sites is 1. The van der Waals surface area contributed by atoms with Crippen molar-refractivity contribution in [3.8, 4) is 0 Å². The highest BCUT2D eigenvalue weighted by Crippen LogP contribution is 2.39. The van der Waals surface area contributed by atoms with Crippen molar-refractivity contribution in [2.24, 2.45) is 0 Å². The van der Waals surface area contributed by atoms with E-state index in [1.807, 2.05) is 0 Å². The number of benzene rings is 4. The van der Waals surface area contributed by atoms with Crippen LogP contribution >= 0.6 is 0 Å². The van der Waals surface area contributed by atoms with Crippen LogP contribution in [0.5, 0.6) is 0 Å². The lowest BCUT2D eigenvalue weighted by Gasteiger charge is -2.28. The van der Waals surface area contributed by atoms with Crippen LogP contribution in [-0.2, 0) is 0 Å². The van der Waals surface area contributed by atoms with Gasteiger partial charge in [-0.05, 0) is 49.1 Å². The molecule has 25 heavy (non-hydrogen) atoms. The molecule has 0 unspecified atom stereocenters. The van der Waals surface area contributed by atoms with Gasteiger partial charge in [-0.2, -0.15) is 0 Å². The van der Waals surface area contributed by atoms with E-state index in [-0.39, 0.29) is 0 Å². The normalized spacial score (nSPS) is 10.8. The van der Waals surface area contributed by atoms with Crippen molar-refractivity contribution in [3.63, 3.8) is 0 Å². The first-order valence-corrected chi connectivity index (χ1v) is 8.64. The zero-order valence-electron chi connectivity index (χ0n) is 14.6. The molecule has 0 amide bonds. The van der Waals surface area contributed by atoms with E-state index in [9.17, 15) is 0 Å². The summed E-state index contributed by atoms with van der Waals surface area (Å²) in [6, 6.07) is 32.4. The zero-order chi connectivity index (χ0) is 17.2. The van der Waals surface area contributed by atoms with Gasteiger partial charge in [-0.1, -0.05) is 72.3 Å². The highest BCUT2D eigenvalue weighted by molar-refractivity contribution is 5.99. The predicted octanol–water partition coefficient (Wildman–Crippen LogP) is 6.93. The lowest BCUT2D eigenvalue weighted by molar-refractivity contribution is 1.26. The van der Waals surface area contributed by atoms with Gasteiger partial charge in [0.1, 0.15) is 0 Å². The van der Waals surface area contributed by atoms with Crippen molar-refractivity contribution >= 4 is 27.8 Å². The van der Waals surface area contributed by atoms with E-state index in [0.29, 0.717) is 0 Å². The Bertz CT molecular complexity index is 1010. The Hall–Kier alpha value is -3.06. The topological polar surface area (TPSA) is 3.24 Å². The molecule has 1 nitrogen and oxygen atoms in total. The van der Waals surface area contributed by atoms with Crippen LogP contribution in [0.15, 0.2) is 91.0 Å². The molecular weight excluding hydrogens is 302 g/mol. The summed E-state index contributed by atoms with van der Waals surface area (Å²) in [6.07, 6.45) is 0. The Labute approximate surface area is 149 Å². The minimum Gasteiger partial charge on any atom is -0.310 e. The standard InChI is InChI=1S/C24H21N/c1-18-14-16-21(17-15-18)25(23-12-6-3-8-19(23)2)24-13-7-10-20-9-4-5-11-22(20)24/h3-17H,1-2H3. The van der Waals surface area contributed by atoms with Gasteiger partial charge in [0, 0.05) is 16.8 Å². The quantitative estimate of drug-likeness (QED) is 0.395. The van der Waals surface area contributed by atoms with Crippen LogP contribution < -0.4 is 4.90 Å². The fraction of sp³-hybridized carbons (Fsp3) is 0.0833. The Balaban J connectivity index is 2.00. The number of fused-ring (bicyclic) bond motifs is 1. The number of anilines is 3. The van der Waals surface area contributed by atoms with E-state index < -0.39 is 0 Å². The molecule has 4 aromatic carbocycles. The Morgan fingerprint density at radius 1 is 0.560 bits per heavy atom. The molecule has 0 aliphatic rings. The van der Waals surface area contributed by atoms with Crippen molar-refractivity contribution in [3.05, 3.63) is 102 Å². The average molecular weight is 323 g/mol. The molecule has 0 bridgehead atoms. The van der Waals surface area contributed by atoms with Crippen LogP contribution in [0.25, 0.3) is 10.8 Å². The van der Waals surface area contributed by atoms with Crippen molar-refractivity contribution in [2.45, 2.75) is 13.8 Å². The van der Waals surface area contributed by atoms with Gasteiger partial charge in [-0.25, -0.2) is 0 Å². The summed E-state index contributed by atoms with van der Waals surface area (Å²) in [5.41, 5.74) is 6.12. The van der Waals surface area contributed by atoms with Crippen LogP contribution in [0.3, 0.4) is 0 Å². The third-order valence-corrected chi connectivity index (χ3v) is 4.66. The van der Waals surface area contributed by atoms with E-state index in [2.05, 4.69) is 110 Å². The number of hydrogen-bond donors (Lipinski definition) is 0. The SMILES string of the molecule is Cc1ccc(N(c2ccccc2C)c2cccc3ccccc23)cc1. The van der Waals surface area contributed by atoms with Gasteiger partial charge >= 0.3 is 0 Å². The molecule has 0 atom stereocenters. The highest BCUT2D eigenvalue weighted by Gasteiger charge is 2.16. The fourth-order valence-corrected chi connectivity index (χ4v) is 3.32. The van der Waals surface area contributed by atoms with Gasteiger partial charge in [-0.3, -0.25) is 0 Å². The molecular formula is C24H21N. The first-order valence-electron chi connectivity index (χ1n) is 8.64. The molecule has 1 heteroatoms. The maximum atomic E-state index is 2.36. The van der Waals surface area contributed by atoms with E-state index in [0.717, 1.165) is 0 Å². The van der Waals surface area contributed by atoms with Gasteiger partial charge < -0.3 is 4.90 Å².